The van der Waals surface area contributed by atoms with Crippen molar-refractivity contribution in [3.05, 3.63) is 86.2 Å². The summed E-state index contributed by atoms with van der Waals surface area (Å²) in [5.41, 5.74) is 1.58. The summed E-state index contributed by atoms with van der Waals surface area (Å²) in [4.78, 5) is 16.8. The van der Waals surface area contributed by atoms with Gasteiger partial charge in [0.1, 0.15) is 11.2 Å². The largest absolute Gasteiger partial charge is 0.425 e. The predicted octanol–water partition coefficient (Wildman–Crippen LogP) is 5.93. The van der Waals surface area contributed by atoms with Crippen LogP contribution in [0.4, 0.5) is 0 Å². The van der Waals surface area contributed by atoms with Gasteiger partial charge in [-0.15, -0.1) is 4.73 Å². The van der Waals surface area contributed by atoms with Crippen LogP contribution in [0.15, 0.2) is 65.6 Å². The van der Waals surface area contributed by atoms with Gasteiger partial charge in [0.15, 0.2) is 0 Å². The van der Waals surface area contributed by atoms with Crippen molar-refractivity contribution in [3.8, 4) is 22.4 Å². The third-order valence-corrected chi connectivity index (χ3v) is 5.23. The van der Waals surface area contributed by atoms with E-state index in [1.807, 2.05) is 6.07 Å². The van der Waals surface area contributed by atoms with E-state index in [1.165, 1.54) is 6.07 Å². The number of halogens is 3. The molecule has 0 bridgehead atoms. The molecule has 27 heavy (non-hydrogen) atoms. The van der Waals surface area contributed by atoms with Gasteiger partial charge in [-0.1, -0.05) is 59.1 Å². The van der Waals surface area contributed by atoms with Crippen molar-refractivity contribution in [2.24, 2.45) is 0 Å². The first kappa shape index (κ1) is 17.9. The molecule has 0 radical (unpaired) electrons. The molecule has 0 aliphatic carbocycles. The van der Waals surface area contributed by atoms with Crippen LogP contribution in [0.5, 0.6) is 0 Å². The molecule has 7 heteroatoms. The first-order valence-electron chi connectivity index (χ1n) is 7.92. The van der Waals surface area contributed by atoms with Crippen LogP contribution in [0.3, 0.4) is 0 Å². The van der Waals surface area contributed by atoms with Gasteiger partial charge < -0.3 is 5.21 Å². The highest BCUT2D eigenvalue weighted by molar-refractivity contribution is 6.39. The van der Waals surface area contributed by atoms with Crippen LogP contribution in [0.1, 0.15) is 0 Å². The standard InChI is InChI=1S/C20H11Cl3N2O2/c21-14-5-2-1-4-11(14)13-10-17(26)25(27)20-12(13)8-9-24-19(20)18-15(22)6-3-7-16(18)23/h1-10,27H. The van der Waals surface area contributed by atoms with E-state index in [1.54, 1.807) is 48.7 Å². The molecule has 2 heterocycles. The quantitative estimate of drug-likeness (QED) is 0.411. The third-order valence-electron chi connectivity index (χ3n) is 4.27. The van der Waals surface area contributed by atoms with Crippen LogP contribution in [0, 0.1) is 0 Å². The van der Waals surface area contributed by atoms with Crippen LogP contribution >= 0.6 is 34.8 Å². The highest BCUT2D eigenvalue weighted by Gasteiger charge is 2.19. The number of benzene rings is 2. The lowest BCUT2D eigenvalue weighted by molar-refractivity contribution is 0.189. The van der Waals surface area contributed by atoms with E-state index in [0.717, 1.165) is 0 Å². The van der Waals surface area contributed by atoms with E-state index in [0.29, 0.717) is 47.6 Å². The maximum atomic E-state index is 12.5. The summed E-state index contributed by atoms with van der Waals surface area (Å²) >= 11 is 19.0. The van der Waals surface area contributed by atoms with E-state index >= 15 is 0 Å². The monoisotopic (exact) mass is 416 g/mol. The second-order valence-electron chi connectivity index (χ2n) is 5.84. The Morgan fingerprint density at radius 2 is 1.52 bits per heavy atom. The summed E-state index contributed by atoms with van der Waals surface area (Å²) in [7, 11) is 0. The topological polar surface area (TPSA) is 55.1 Å². The van der Waals surface area contributed by atoms with E-state index in [4.69, 9.17) is 34.8 Å². The van der Waals surface area contributed by atoms with Crippen LogP contribution < -0.4 is 5.56 Å². The minimum absolute atomic E-state index is 0.204. The zero-order chi connectivity index (χ0) is 19.1. The zero-order valence-corrected chi connectivity index (χ0v) is 15.9. The molecule has 0 unspecified atom stereocenters. The van der Waals surface area contributed by atoms with Gasteiger partial charge >= 0.3 is 0 Å². The maximum absolute atomic E-state index is 12.5. The molecule has 0 saturated carbocycles. The molecular weight excluding hydrogens is 407 g/mol. The molecule has 0 amide bonds. The predicted molar refractivity (Wildman–Crippen MR) is 109 cm³/mol. The van der Waals surface area contributed by atoms with E-state index in [9.17, 15) is 10.0 Å². The van der Waals surface area contributed by atoms with Gasteiger partial charge in [-0.3, -0.25) is 9.78 Å². The van der Waals surface area contributed by atoms with Crippen molar-refractivity contribution in [1.29, 1.82) is 0 Å². The molecule has 4 rings (SSSR count). The lowest BCUT2D eigenvalue weighted by Gasteiger charge is -2.14. The second-order valence-corrected chi connectivity index (χ2v) is 7.06. The van der Waals surface area contributed by atoms with Gasteiger partial charge in [0.05, 0.1) is 10.0 Å². The maximum Gasteiger partial charge on any atom is 0.284 e. The van der Waals surface area contributed by atoms with E-state index < -0.39 is 5.56 Å². The molecular formula is C20H11Cl3N2O2. The summed E-state index contributed by atoms with van der Waals surface area (Å²) in [5, 5.41) is 12.3. The van der Waals surface area contributed by atoms with Crippen molar-refractivity contribution in [2.75, 3.05) is 0 Å². The number of nitrogens with zero attached hydrogens (tertiary/aromatic N) is 2. The SMILES string of the molecule is O=c1cc(-c2ccccc2Cl)c2ccnc(-c3c(Cl)cccc3Cl)c2n1O. The minimum atomic E-state index is -0.616. The van der Waals surface area contributed by atoms with Crippen LogP contribution in [-0.4, -0.2) is 14.9 Å². The summed E-state index contributed by atoms with van der Waals surface area (Å²) in [5.74, 6) is 0. The van der Waals surface area contributed by atoms with Crippen molar-refractivity contribution in [3.63, 3.8) is 0 Å². The Morgan fingerprint density at radius 3 is 2.22 bits per heavy atom. The minimum Gasteiger partial charge on any atom is -0.425 e. The highest BCUT2D eigenvalue weighted by atomic mass is 35.5. The molecule has 1 N–H and O–H groups in total. The van der Waals surface area contributed by atoms with Gasteiger partial charge in [-0.2, -0.15) is 0 Å². The normalized spacial score (nSPS) is 11.1. The number of aromatic nitrogens is 2. The fourth-order valence-electron chi connectivity index (χ4n) is 3.07. The summed E-state index contributed by atoms with van der Waals surface area (Å²) in [6.45, 7) is 0. The molecule has 2 aromatic heterocycles. The summed E-state index contributed by atoms with van der Waals surface area (Å²) < 4.78 is 0.553. The zero-order valence-electron chi connectivity index (χ0n) is 13.7. The highest BCUT2D eigenvalue weighted by Crippen LogP contribution is 2.39. The first-order valence-corrected chi connectivity index (χ1v) is 9.05. The Balaban J connectivity index is 2.17. The van der Waals surface area contributed by atoms with Crippen molar-refractivity contribution >= 4 is 45.7 Å². The Labute approximate surface area is 169 Å². The van der Waals surface area contributed by atoms with E-state index in [2.05, 4.69) is 4.98 Å². The Bertz CT molecular complexity index is 1230. The van der Waals surface area contributed by atoms with E-state index in [-0.39, 0.29) is 5.52 Å². The number of pyridine rings is 2. The fourth-order valence-corrected chi connectivity index (χ4v) is 3.88. The Morgan fingerprint density at radius 1 is 0.852 bits per heavy atom. The van der Waals surface area contributed by atoms with Crippen LogP contribution in [-0.2, 0) is 0 Å². The Kier molecular flexibility index (Phi) is 4.56. The third kappa shape index (κ3) is 2.96. The van der Waals surface area contributed by atoms with Gasteiger partial charge in [-0.25, -0.2) is 0 Å². The Hall–Kier alpha value is -2.53. The lowest BCUT2D eigenvalue weighted by Crippen LogP contribution is -2.18. The number of fused-ring (bicyclic) bond motifs is 1. The second kappa shape index (κ2) is 6.89. The van der Waals surface area contributed by atoms with Gasteiger partial charge in [0, 0.05) is 33.8 Å². The summed E-state index contributed by atoms with van der Waals surface area (Å²) in [6.07, 6.45) is 1.57. The summed E-state index contributed by atoms with van der Waals surface area (Å²) in [6, 6.07) is 15.3. The first-order chi connectivity index (χ1) is 13.0. The molecule has 0 saturated heterocycles. The fraction of sp³-hybridized carbons (Fsp3) is 0. The van der Waals surface area contributed by atoms with Gasteiger partial charge in [0.2, 0.25) is 0 Å². The van der Waals surface area contributed by atoms with Crippen molar-refractivity contribution < 1.29 is 5.21 Å². The average Bonchev–Trinajstić information content (AvgIpc) is 2.65. The number of rotatable bonds is 2. The van der Waals surface area contributed by atoms with Crippen LogP contribution in [0.2, 0.25) is 15.1 Å². The van der Waals surface area contributed by atoms with Gasteiger partial charge in [0.25, 0.3) is 5.56 Å². The smallest absolute Gasteiger partial charge is 0.284 e. The molecule has 4 aromatic rings. The molecule has 0 aliphatic heterocycles. The molecule has 0 fully saturated rings. The van der Waals surface area contributed by atoms with Crippen molar-refractivity contribution in [1.82, 2.24) is 9.71 Å². The number of hydrogen-bond donors (Lipinski definition) is 1. The average molecular weight is 418 g/mol. The molecule has 2 aromatic carbocycles. The van der Waals surface area contributed by atoms with Crippen LogP contribution in [0.25, 0.3) is 33.3 Å². The molecule has 0 aliphatic rings. The number of hydrogen-bond acceptors (Lipinski definition) is 3. The molecule has 134 valence electrons. The molecule has 0 atom stereocenters. The molecule has 4 nitrogen and oxygen atoms in total. The van der Waals surface area contributed by atoms with Gasteiger partial charge in [-0.05, 0) is 29.8 Å². The van der Waals surface area contributed by atoms with Crippen molar-refractivity contribution in [2.45, 2.75) is 0 Å². The lowest BCUT2D eigenvalue weighted by atomic mass is 9.99. The molecule has 0 spiro atoms.